The number of amides is 1. The Balaban J connectivity index is 1.47. The summed E-state index contributed by atoms with van der Waals surface area (Å²) in [4.78, 5) is 19.2. The summed E-state index contributed by atoms with van der Waals surface area (Å²) in [6, 6.07) is 5.42. The highest BCUT2D eigenvalue weighted by molar-refractivity contribution is 6.09. The molecule has 7 nitrogen and oxygen atoms in total. The lowest BCUT2D eigenvalue weighted by Crippen LogP contribution is -2.39. The van der Waals surface area contributed by atoms with Crippen molar-refractivity contribution in [3.05, 3.63) is 47.9 Å². The van der Waals surface area contributed by atoms with Crippen molar-refractivity contribution in [2.24, 2.45) is 5.92 Å². The molecule has 1 aromatic carbocycles. The number of anilines is 2. The third-order valence-corrected chi connectivity index (χ3v) is 6.25. The molecule has 0 radical (unpaired) electrons. The lowest BCUT2D eigenvalue weighted by atomic mass is 9.95. The molecule has 0 bridgehead atoms. The number of nitrogens with one attached hydrogen (secondary N) is 1. The molecule has 0 unspecified atom stereocenters. The zero-order valence-electron chi connectivity index (χ0n) is 18.3. The minimum atomic E-state index is -4.19. The van der Waals surface area contributed by atoms with E-state index in [0.29, 0.717) is 34.8 Å². The Hall–Kier alpha value is -3.30. The average molecular weight is 459 g/mol. The van der Waals surface area contributed by atoms with Gasteiger partial charge in [-0.25, -0.2) is 9.50 Å². The second-order valence-electron chi connectivity index (χ2n) is 9.22. The monoisotopic (exact) mass is 459 g/mol. The zero-order chi connectivity index (χ0) is 23.4. The zero-order valence-corrected chi connectivity index (χ0v) is 18.3. The number of hydrogen-bond donors (Lipinski definition) is 1. The average Bonchev–Trinajstić information content (AvgIpc) is 3.31. The van der Waals surface area contributed by atoms with Crippen LogP contribution in [0.1, 0.15) is 42.6 Å². The van der Waals surface area contributed by atoms with Crippen molar-refractivity contribution in [3.63, 3.8) is 0 Å². The van der Waals surface area contributed by atoms with Gasteiger partial charge in [0.15, 0.2) is 5.65 Å². The van der Waals surface area contributed by atoms with Gasteiger partial charge in [0.05, 0.1) is 23.5 Å². The van der Waals surface area contributed by atoms with Crippen molar-refractivity contribution >= 4 is 22.9 Å². The standard InChI is InChI=1S/C23H24F3N5O2/c1-22(2)12-14-10-17(29-21(32)16-13-28-31-7-3-6-27-20(16)31)18(11-19(14)33-22)30-8-4-15(5-9-30)23(24,25)26/h3,6-7,10-11,13,15H,4-5,8-9,12H2,1-2H3,(H,29,32). The fraction of sp³-hybridized carbons (Fsp3) is 0.435. The van der Waals surface area contributed by atoms with E-state index in [-0.39, 0.29) is 31.8 Å². The van der Waals surface area contributed by atoms with Gasteiger partial charge in [-0.15, -0.1) is 0 Å². The number of fused-ring (bicyclic) bond motifs is 2. The summed E-state index contributed by atoms with van der Waals surface area (Å²) in [5.41, 5.74) is 2.49. The maximum atomic E-state index is 13.2. The number of carbonyl (C=O) groups is 1. The highest BCUT2D eigenvalue weighted by Crippen LogP contribution is 2.43. The summed E-state index contributed by atoms with van der Waals surface area (Å²) in [6.45, 7) is 4.44. The lowest BCUT2D eigenvalue weighted by molar-refractivity contribution is -0.179. The van der Waals surface area contributed by atoms with Gasteiger partial charge in [0, 0.05) is 43.5 Å². The Kier molecular flexibility index (Phi) is 4.98. The molecule has 2 aliphatic heterocycles. The summed E-state index contributed by atoms with van der Waals surface area (Å²) < 4.78 is 47.0. The fourth-order valence-electron chi connectivity index (χ4n) is 4.63. The van der Waals surface area contributed by atoms with Gasteiger partial charge < -0.3 is 15.0 Å². The summed E-state index contributed by atoms with van der Waals surface area (Å²) in [5, 5.41) is 7.11. The minimum absolute atomic E-state index is 0.0122. The van der Waals surface area contributed by atoms with Crippen LogP contribution >= 0.6 is 0 Å². The second-order valence-corrected chi connectivity index (χ2v) is 9.22. The number of rotatable bonds is 3. The predicted octanol–water partition coefficient (Wildman–Crippen LogP) is 4.47. The minimum Gasteiger partial charge on any atom is -0.487 e. The lowest BCUT2D eigenvalue weighted by Gasteiger charge is -2.35. The number of carbonyl (C=O) groups excluding carboxylic acids is 1. The van der Waals surface area contributed by atoms with E-state index in [1.54, 1.807) is 18.5 Å². The molecule has 0 saturated carbocycles. The predicted molar refractivity (Wildman–Crippen MR) is 117 cm³/mol. The van der Waals surface area contributed by atoms with Gasteiger partial charge in [0.2, 0.25) is 0 Å². The highest BCUT2D eigenvalue weighted by Gasteiger charge is 2.41. The first-order valence-electron chi connectivity index (χ1n) is 10.9. The van der Waals surface area contributed by atoms with E-state index in [0.717, 1.165) is 5.56 Å². The number of halogens is 3. The molecule has 2 aliphatic rings. The molecule has 10 heteroatoms. The Labute approximate surface area is 188 Å². The molecule has 1 amide bonds. The quantitative estimate of drug-likeness (QED) is 0.626. The molecule has 33 heavy (non-hydrogen) atoms. The van der Waals surface area contributed by atoms with Crippen LogP contribution in [0.25, 0.3) is 5.65 Å². The molecular weight excluding hydrogens is 435 g/mol. The van der Waals surface area contributed by atoms with Crippen LogP contribution in [-0.4, -0.2) is 45.4 Å². The molecule has 4 heterocycles. The normalized spacial score (nSPS) is 18.3. The molecule has 1 saturated heterocycles. The molecule has 5 rings (SSSR count). The molecular formula is C23H24F3N5O2. The molecule has 0 aliphatic carbocycles. The summed E-state index contributed by atoms with van der Waals surface area (Å²) >= 11 is 0. The third kappa shape index (κ3) is 4.09. The number of ether oxygens (including phenoxy) is 1. The van der Waals surface area contributed by atoms with Crippen LogP contribution < -0.4 is 15.0 Å². The van der Waals surface area contributed by atoms with E-state index in [4.69, 9.17) is 4.74 Å². The number of aromatic nitrogens is 3. The number of hydrogen-bond acceptors (Lipinski definition) is 5. The van der Waals surface area contributed by atoms with Crippen LogP contribution in [0.2, 0.25) is 0 Å². The second kappa shape index (κ2) is 7.64. The largest absolute Gasteiger partial charge is 0.487 e. The Bertz CT molecular complexity index is 1210. The third-order valence-electron chi connectivity index (χ3n) is 6.25. The van der Waals surface area contributed by atoms with E-state index in [9.17, 15) is 18.0 Å². The van der Waals surface area contributed by atoms with Crippen molar-refractivity contribution in [2.75, 3.05) is 23.3 Å². The van der Waals surface area contributed by atoms with Crippen molar-refractivity contribution in [2.45, 2.75) is 44.9 Å². The van der Waals surface area contributed by atoms with Crippen LogP contribution in [0.5, 0.6) is 5.75 Å². The van der Waals surface area contributed by atoms with E-state index in [2.05, 4.69) is 15.4 Å². The van der Waals surface area contributed by atoms with Crippen LogP contribution in [0, 0.1) is 5.92 Å². The van der Waals surface area contributed by atoms with Crippen LogP contribution in [0.4, 0.5) is 24.5 Å². The summed E-state index contributed by atoms with van der Waals surface area (Å²) in [5.74, 6) is -0.988. The SMILES string of the molecule is CC1(C)Cc2cc(NC(=O)c3cnn4cccnc34)c(N3CCC(C(F)(F)F)CC3)cc2O1. The van der Waals surface area contributed by atoms with Crippen molar-refractivity contribution in [1.29, 1.82) is 0 Å². The van der Waals surface area contributed by atoms with Crippen molar-refractivity contribution in [1.82, 2.24) is 14.6 Å². The molecule has 0 spiro atoms. The first-order valence-corrected chi connectivity index (χ1v) is 10.9. The van der Waals surface area contributed by atoms with Gasteiger partial charge in [-0.1, -0.05) is 0 Å². The van der Waals surface area contributed by atoms with Gasteiger partial charge in [-0.05, 0) is 38.8 Å². The van der Waals surface area contributed by atoms with Gasteiger partial charge in [0.25, 0.3) is 5.91 Å². The van der Waals surface area contributed by atoms with E-state index in [1.807, 2.05) is 30.9 Å². The summed E-state index contributed by atoms with van der Waals surface area (Å²) in [7, 11) is 0. The molecule has 2 aromatic heterocycles. The Morgan fingerprint density at radius 2 is 2.00 bits per heavy atom. The van der Waals surface area contributed by atoms with Crippen LogP contribution in [0.15, 0.2) is 36.8 Å². The summed E-state index contributed by atoms with van der Waals surface area (Å²) in [6.07, 6.45) is 1.23. The number of alkyl halides is 3. The van der Waals surface area contributed by atoms with Gasteiger partial charge in [-0.3, -0.25) is 4.79 Å². The number of piperidine rings is 1. The van der Waals surface area contributed by atoms with E-state index < -0.39 is 17.7 Å². The Morgan fingerprint density at radius 1 is 1.24 bits per heavy atom. The van der Waals surface area contributed by atoms with Gasteiger partial charge in [0.1, 0.15) is 16.9 Å². The van der Waals surface area contributed by atoms with Crippen LogP contribution in [-0.2, 0) is 6.42 Å². The number of nitrogens with zero attached hydrogens (tertiary/aromatic N) is 4. The molecule has 0 atom stereocenters. The van der Waals surface area contributed by atoms with Crippen molar-refractivity contribution < 1.29 is 22.7 Å². The molecule has 174 valence electrons. The first-order chi connectivity index (χ1) is 15.6. The maximum Gasteiger partial charge on any atom is 0.391 e. The number of benzene rings is 1. The van der Waals surface area contributed by atoms with Gasteiger partial charge >= 0.3 is 6.18 Å². The molecule has 3 aromatic rings. The fourth-order valence-corrected chi connectivity index (χ4v) is 4.63. The Morgan fingerprint density at radius 3 is 2.73 bits per heavy atom. The van der Waals surface area contributed by atoms with Gasteiger partial charge in [-0.2, -0.15) is 18.3 Å². The van der Waals surface area contributed by atoms with E-state index in [1.165, 1.54) is 10.7 Å². The topological polar surface area (TPSA) is 71.8 Å². The molecule has 1 fully saturated rings. The highest BCUT2D eigenvalue weighted by atomic mass is 19.4. The van der Waals surface area contributed by atoms with Crippen molar-refractivity contribution in [3.8, 4) is 5.75 Å². The maximum absolute atomic E-state index is 13.2. The molecule has 1 N–H and O–H groups in total. The van der Waals surface area contributed by atoms with E-state index >= 15 is 0 Å². The smallest absolute Gasteiger partial charge is 0.391 e. The van der Waals surface area contributed by atoms with Crippen LogP contribution in [0.3, 0.4) is 0 Å². The first kappa shape index (κ1) is 21.5.